The highest BCUT2D eigenvalue weighted by Crippen LogP contribution is 2.77. The topological polar surface area (TPSA) is 62.0 Å². The van der Waals surface area contributed by atoms with Gasteiger partial charge >= 0.3 is 0 Å². The third kappa shape index (κ3) is 1.89. The van der Waals surface area contributed by atoms with Crippen molar-refractivity contribution in [2.24, 2.45) is 46.1 Å². The zero-order valence-corrected chi connectivity index (χ0v) is 16.0. The largest absolute Gasteiger partial charge is 0.411 e. The molecule has 1 heterocycles. The predicted molar refractivity (Wildman–Crippen MR) is 102 cm³/mol. The van der Waals surface area contributed by atoms with E-state index in [1.54, 1.807) is 0 Å². The minimum Gasteiger partial charge on any atom is -0.411 e. The third-order valence-corrected chi connectivity index (χ3v) is 9.28. The highest BCUT2D eigenvalue weighted by Gasteiger charge is 2.77. The molecule has 4 heteroatoms. The lowest BCUT2D eigenvalue weighted by Crippen LogP contribution is -2.55. The summed E-state index contributed by atoms with van der Waals surface area (Å²) < 4.78 is 6.25. The van der Waals surface area contributed by atoms with Crippen LogP contribution in [-0.4, -0.2) is 27.9 Å². The van der Waals surface area contributed by atoms with Crippen LogP contribution in [0.4, 0.5) is 0 Å². The Bertz CT molecular complexity index is 812. The van der Waals surface area contributed by atoms with Gasteiger partial charge in [-0.1, -0.05) is 30.3 Å². The van der Waals surface area contributed by atoms with Gasteiger partial charge in [0.25, 0.3) is 0 Å². The first-order valence-electron chi connectivity index (χ1n) is 10.6. The summed E-state index contributed by atoms with van der Waals surface area (Å²) in [6.45, 7) is 6.88. The van der Waals surface area contributed by atoms with Crippen LogP contribution in [0.1, 0.15) is 45.4 Å². The Labute approximate surface area is 160 Å². The summed E-state index contributed by atoms with van der Waals surface area (Å²) in [4.78, 5) is 0. The van der Waals surface area contributed by atoms with Crippen molar-refractivity contribution in [3.8, 4) is 0 Å². The molecule has 5 aliphatic carbocycles. The fraction of sp³-hybridized carbons (Fsp3) is 0.696. The Kier molecular flexibility index (Phi) is 3.16. The van der Waals surface area contributed by atoms with Crippen molar-refractivity contribution in [2.45, 2.75) is 57.3 Å². The molecule has 27 heavy (non-hydrogen) atoms. The number of fused-ring (bicyclic) bond motifs is 9. The molecule has 0 aromatic carbocycles. The van der Waals surface area contributed by atoms with E-state index in [-0.39, 0.29) is 11.0 Å². The van der Waals surface area contributed by atoms with Crippen LogP contribution in [0.25, 0.3) is 0 Å². The molecule has 2 N–H and O–H groups in total. The molecule has 0 saturated heterocycles. The standard InChI is InChI=1S/C23H29NO3/c1-12-9-17-15(14-4-3-13(24-26)10-16(12)14)5-7-22(2)21(17)18-11-19(18)23(22)8-6-20(25)27-23/h6,8,10,14-15,17-21,25-26H,1,3-5,7,9,11H2,2H3/b24-13+/t14-,15?,17?,18+,19-,20?,21?,22+,23+/m1/s1. The maximum absolute atomic E-state index is 10.1. The van der Waals surface area contributed by atoms with Crippen LogP contribution in [0.15, 0.2) is 41.1 Å². The summed E-state index contributed by atoms with van der Waals surface area (Å²) in [6, 6.07) is 0. The molecule has 4 nitrogen and oxygen atoms in total. The SMILES string of the molecule is C=C1CC2C(CC[C@@]3(C)C2[C@H]2C[C@H]2[C@@]32C=CC(O)O2)[C@H]2CC/C(=N\O)C=C12. The Morgan fingerprint density at radius 1 is 1.26 bits per heavy atom. The highest BCUT2D eigenvalue weighted by atomic mass is 16.6. The maximum atomic E-state index is 10.1. The van der Waals surface area contributed by atoms with Crippen molar-refractivity contribution in [3.63, 3.8) is 0 Å². The van der Waals surface area contributed by atoms with E-state index in [1.807, 2.05) is 6.08 Å². The van der Waals surface area contributed by atoms with E-state index in [0.717, 1.165) is 30.9 Å². The number of allylic oxidation sites excluding steroid dienone is 3. The van der Waals surface area contributed by atoms with E-state index >= 15 is 0 Å². The number of nitrogens with zero attached hydrogens (tertiary/aromatic N) is 1. The first-order chi connectivity index (χ1) is 13.0. The first kappa shape index (κ1) is 16.6. The summed E-state index contributed by atoms with van der Waals surface area (Å²) in [7, 11) is 0. The fourth-order valence-corrected chi connectivity index (χ4v) is 8.29. The van der Waals surface area contributed by atoms with E-state index < -0.39 is 6.29 Å². The van der Waals surface area contributed by atoms with Gasteiger partial charge in [0.05, 0.1) is 11.3 Å². The molecule has 0 bridgehead atoms. The third-order valence-electron chi connectivity index (χ3n) is 9.28. The van der Waals surface area contributed by atoms with Gasteiger partial charge in [0.1, 0.15) is 0 Å². The van der Waals surface area contributed by atoms with E-state index in [0.29, 0.717) is 29.6 Å². The fourth-order valence-electron chi connectivity index (χ4n) is 8.29. The number of hydrogen-bond donors (Lipinski definition) is 2. The lowest BCUT2D eigenvalue weighted by atomic mass is 9.48. The summed E-state index contributed by atoms with van der Waals surface area (Å²) in [5, 5.41) is 22.8. The summed E-state index contributed by atoms with van der Waals surface area (Å²) in [5.74, 6) is 3.97. The van der Waals surface area contributed by atoms with E-state index in [1.165, 1.54) is 30.4 Å². The van der Waals surface area contributed by atoms with Crippen LogP contribution in [0.2, 0.25) is 0 Å². The van der Waals surface area contributed by atoms with Gasteiger partial charge in [-0.2, -0.15) is 0 Å². The van der Waals surface area contributed by atoms with Crippen molar-refractivity contribution in [1.82, 2.24) is 0 Å². The zero-order valence-electron chi connectivity index (χ0n) is 16.0. The molecule has 6 rings (SSSR count). The number of rotatable bonds is 0. The smallest absolute Gasteiger partial charge is 0.175 e. The Morgan fingerprint density at radius 2 is 2.11 bits per heavy atom. The molecule has 4 fully saturated rings. The summed E-state index contributed by atoms with van der Waals surface area (Å²) in [6.07, 6.45) is 12.1. The molecular weight excluding hydrogens is 338 g/mol. The molecule has 9 atom stereocenters. The number of aliphatic hydroxyl groups is 1. The number of aliphatic hydroxyl groups excluding tert-OH is 1. The lowest BCUT2D eigenvalue weighted by Gasteiger charge is -2.57. The van der Waals surface area contributed by atoms with E-state index in [9.17, 15) is 10.3 Å². The molecular formula is C23H29NO3. The van der Waals surface area contributed by atoms with Gasteiger partial charge in [-0.05, 0) is 91.8 Å². The monoisotopic (exact) mass is 367 g/mol. The van der Waals surface area contributed by atoms with Crippen molar-refractivity contribution in [3.05, 3.63) is 36.0 Å². The second-order valence-electron chi connectivity index (χ2n) is 10.1. The number of ether oxygens (including phenoxy) is 1. The number of hydrogen-bond acceptors (Lipinski definition) is 4. The average Bonchev–Trinajstić information content (AvgIpc) is 3.30. The van der Waals surface area contributed by atoms with Gasteiger partial charge in [-0.3, -0.25) is 0 Å². The Morgan fingerprint density at radius 3 is 2.85 bits per heavy atom. The zero-order chi connectivity index (χ0) is 18.6. The summed E-state index contributed by atoms with van der Waals surface area (Å²) >= 11 is 0. The van der Waals surface area contributed by atoms with Crippen LogP contribution in [-0.2, 0) is 4.74 Å². The molecule has 6 aliphatic rings. The van der Waals surface area contributed by atoms with Gasteiger partial charge in [0, 0.05) is 5.41 Å². The minimum atomic E-state index is -0.732. The second-order valence-corrected chi connectivity index (χ2v) is 10.1. The van der Waals surface area contributed by atoms with E-state index in [4.69, 9.17) is 4.74 Å². The Balaban J connectivity index is 1.38. The quantitative estimate of drug-likeness (QED) is 0.386. The van der Waals surface area contributed by atoms with Gasteiger partial charge in [-0.25, -0.2) is 0 Å². The maximum Gasteiger partial charge on any atom is 0.175 e. The van der Waals surface area contributed by atoms with Gasteiger partial charge in [0.15, 0.2) is 6.29 Å². The molecule has 4 saturated carbocycles. The molecule has 144 valence electrons. The van der Waals surface area contributed by atoms with Gasteiger partial charge in [0.2, 0.25) is 0 Å². The van der Waals surface area contributed by atoms with Crippen LogP contribution in [0, 0.1) is 40.9 Å². The molecule has 0 radical (unpaired) electrons. The van der Waals surface area contributed by atoms with Crippen molar-refractivity contribution in [1.29, 1.82) is 0 Å². The minimum absolute atomic E-state index is 0.129. The number of oxime groups is 1. The van der Waals surface area contributed by atoms with Crippen LogP contribution in [0.5, 0.6) is 0 Å². The van der Waals surface area contributed by atoms with Crippen molar-refractivity contribution >= 4 is 5.71 Å². The predicted octanol–water partition coefficient (Wildman–Crippen LogP) is 4.05. The van der Waals surface area contributed by atoms with Crippen LogP contribution >= 0.6 is 0 Å². The molecule has 1 aliphatic heterocycles. The summed E-state index contributed by atoms with van der Waals surface area (Å²) in [5.41, 5.74) is 3.30. The lowest BCUT2D eigenvalue weighted by molar-refractivity contribution is -0.194. The van der Waals surface area contributed by atoms with Crippen molar-refractivity contribution in [2.75, 3.05) is 0 Å². The molecule has 0 amide bonds. The van der Waals surface area contributed by atoms with Crippen LogP contribution < -0.4 is 0 Å². The first-order valence-corrected chi connectivity index (χ1v) is 10.6. The van der Waals surface area contributed by atoms with Gasteiger partial charge < -0.3 is 15.1 Å². The molecule has 1 spiro atoms. The van der Waals surface area contributed by atoms with Crippen LogP contribution in [0.3, 0.4) is 0 Å². The van der Waals surface area contributed by atoms with Crippen molar-refractivity contribution < 1.29 is 15.1 Å². The molecule has 0 aromatic heterocycles. The van der Waals surface area contributed by atoms with Gasteiger partial charge in [-0.15, -0.1) is 0 Å². The van der Waals surface area contributed by atoms with E-state index in [2.05, 4.69) is 30.8 Å². The average molecular weight is 367 g/mol. The molecule has 4 unspecified atom stereocenters. The highest BCUT2D eigenvalue weighted by molar-refractivity contribution is 5.96. The normalized spacial score (nSPS) is 56.5. The molecule has 0 aromatic rings. The second kappa shape index (κ2) is 5.15. The Hall–Kier alpha value is -1.39.